The lowest BCUT2D eigenvalue weighted by Crippen LogP contribution is -2.56. The molecular formula is C28H42N4O3. The number of hydrogen-bond acceptors (Lipinski definition) is 4. The van der Waals surface area contributed by atoms with E-state index in [1.807, 2.05) is 4.90 Å². The normalized spacial score (nSPS) is 26.9. The SMILES string of the molecule is CC(=O)NCCCC(=O)CN1CC2(CCC(c3ccccc3)(N(C)C)CC2)N(CC2CCC2)C1=O. The second-order valence-corrected chi connectivity index (χ2v) is 11.2. The molecule has 0 unspecified atom stereocenters. The topological polar surface area (TPSA) is 73.0 Å². The molecule has 1 aliphatic heterocycles. The first kappa shape index (κ1) is 25.7. The first-order valence-electron chi connectivity index (χ1n) is 13.3. The van der Waals surface area contributed by atoms with Gasteiger partial charge in [-0.3, -0.25) is 14.5 Å². The van der Waals surface area contributed by atoms with Gasteiger partial charge in [0.25, 0.3) is 0 Å². The van der Waals surface area contributed by atoms with Crippen molar-refractivity contribution in [3.05, 3.63) is 35.9 Å². The lowest BCUT2D eigenvalue weighted by Gasteiger charge is -2.51. The molecule has 0 aromatic heterocycles. The van der Waals surface area contributed by atoms with E-state index in [1.165, 1.54) is 31.7 Å². The van der Waals surface area contributed by atoms with Crippen molar-refractivity contribution in [3.8, 4) is 0 Å². The number of Topliss-reactive ketones (excluding diaryl/α,β-unsaturated/α-hetero) is 1. The van der Waals surface area contributed by atoms with E-state index >= 15 is 0 Å². The summed E-state index contributed by atoms with van der Waals surface area (Å²) in [7, 11) is 4.34. The van der Waals surface area contributed by atoms with Crippen LogP contribution in [-0.2, 0) is 15.1 Å². The van der Waals surface area contributed by atoms with Gasteiger partial charge in [0.2, 0.25) is 5.91 Å². The zero-order valence-electron chi connectivity index (χ0n) is 21.7. The molecule has 35 heavy (non-hydrogen) atoms. The number of rotatable bonds is 10. The van der Waals surface area contributed by atoms with Crippen LogP contribution in [0, 0.1) is 5.92 Å². The van der Waals surface area contributed by atoms with Crippen molar-refractivity contribution in [3.63, 3.8) is 0 Å². The van der Waals surface area contributed by atoms with Gasteiger partial charge in [0.15, 0.2) is 5.78 Å². The molecule has 1 aromatic rings. The minimum atomic E-state index is -0.183. The predicted octanol–water partition coefficient (Wildman–Crippen LogP) is 3.78. The Hall–Kier alpha value is -2.41. The molecule has 0 atom stereocenters. The standard InChI is InChI=1S/C28H42N4O3/c1-22(33)29-18-8-13-25(34)20-31-21-27(32(26(31)35)19-23-9-7-10-23)14-16-28(17-15-27,30(2)3)24-11-5-4-6-12-24/h4-6,11-12,23H,7-10,13-21H2,1-3H3,(H,29,33). The minimum Gasteiger partial charge on any atom is -0.356 e. The molecule has 4 rings (SSSR count). The molecule has 1 heterocycles. The summed E-state index contributed by atoms with van der Waals surface area (Å²) in [5.41, 5.74) is 1.14. The van der Waals surface area contributed by atoms with Crippen molar-refractivity contribution < 1.29 is 14.4 Å². The predicted molar refractivity (Wildman–Crippen MR) is 137 cm³/mol. The van der Waals surface area contributed by atoms with Crippen LogP contribution in [0.25, 0.3) is 0 Å². The quantitative estimate of drug-likeness (QED) is 0.515. The third-order valence-electron chi connectivity index (χ3n) is 8.77. The van der Waals surface area contributed by atoms with Crippen LogP contribution in [0.1, 0.15) is 70.3 Å². The molecule has 0 bridgehead atoms. The zero-order valence-corrected chi connectivity index (χ0v) is 21.7. The van der Waals surface area contributed by atoms with Crippen molar-refractivity contribution >= 4 is 17.7 Å². The van der Waals surface area contributed by atoms with Gasteiger partial charge in [-0.2, -0.15) is 0 Å². The van der Waals surface area contributed by atoms with E-state index in [0.29, 0.717) is 31.8 Å². The highest BCUT2D eigenvalue weighted by Gasteiger charge is 2.55. The van der Waals surface area contributed by atoms with Gasteiger partial charge in [-0.1, -0.05) is 36.8 Å². The number of benzene rings is 1. The van der Waals surface area contributed by atoms with Crippen molar-refractivity contribution in [2.75, 3.05) is 40.3 Å². The Morgan fingerprint density at radius 3 is 2.34 bits per heavy atom. The Balaban J connectivity index is 1.46. The molecule has 1 aromatic carbocycles. The summed E-state index contributed by atoms with van der Waals surface area (Å²) >= 11 is 0. The maximum Gasteiger partial charge on any atom is 0.321 e. The summed E-state index contributed by atoms with van der Waals surface area (Å²) in [6.07, 6.45) is 8.55. The van der Waals surface area contributed by atoms with Crippen LogP contribution in [-0.4, -0.2) is 78.2 Å². The van der Waals surface area contributed by atoms with Gasteiger partial charge >= 0.3 is 6.03 Å². The van der Waals surface area contributed by atoms with Gasteiger partial charge in [0.05, 0.1) is 12.1 Å². The van der Waals surface area contributed by atoms with E-state index in [0.717, 1.165) is 32.2 Å². The van der Waals surface area contributed by atoms with E-state index in [-0.39, 0.29) is 35.3 Å². The summed E-state index contributed by atoms with van der Waals surface area (Å²) in [6.45, 7) is 3.63. The third-order valence-corrected chi connectivity index (χ3v) is 8.77. The Bertz CT molecular complexity index is 904. The number of hydrogen-bond donors (Lipinski definition) is 1. The first-order valence-corrected chi connectivity index (χ1v) is 13.3. The summed E-state index contributed by atoms with van der Waals surface area (Å²) < 4.78 is 0. The van der Waals surface area contributed by atoms with E-state index in [4.69, 9.17) is 0 Å². The molecule has 7 heteroatoms. The fraction of sp³-hybridized carbons (Fsp3) is 0.679. The Kier molecular flexibility index (Phi) is 7.84. The van der Waals surface area contributed by atoms with Crippen LogP contribution in [0.3, 0.4) is 0 Å². The summed E-state index contributed by atoms with van der Waals surface area (Å²) in [6, 6.07) is 10.8. The first-order chi connectivity index (χ1) is 16.8. The highest BCUT2D eigenvalue weighted by molar-refractivity contribution is 5.87. The summed E-state index contributed by atoms with van der Waals surface area (Å²) in [5.74, 6) is 0.591. The Labute approximate surface area is 210 Å². The zero-order chi connectivity index (χ0) is 25.1. The van der Waals surface area contributed by atoms with Gasteiger partial charge in [-0.25, -0.2) is 4.79 Å². The minimum absolute atomic E-state index is 0.0232. The molecule has 0 radical (unpaired) electrons. The number of ketones is 1. The Morgan fingerprint density at radius 2 is 1.77 bits per heavy atom. The summed E-state index contributed by atoms with van der Waals surface area (Å²) in [5, 5.41) is 2.74. The number of carbonyl (C=O) groups is 3. The molecule has 2 aliphatic carbocycles. The van der Waals surface area contributed by atoms with E-state index in [9.17, 15) is 14.4 Å². The van der Waals surface area contributed by atoms with Crippen LogP contribution < -0.4 is 5.32 Å². The second kappa shape index (κ2) is 10.7. The average molecular weight is 483 g/mol. The second-order valence-electron chi connectivity index (χ2n) is 11.2. The Morgan fingerprint density at radius 1 is 1.09 bits per heavy atom. The number of urea groups is 1. The van der Waals surface area contributed by atoms with Gasteiger partial charge in [-0.15, -0.1) is 0 Å². The van der Waals surface area contributed by atoms with Crippen LogP contribution in [0.2, 0.25) is 0 Å². The number of nitrogens with zero attached hydrogens (tertiary/aromatic N) is 3. The molecule has 192 valence electrons. The lowest BCUT2D eigenvalue weighted by atomic mass is 9.68. The van der Waals surface area contributed by atoms with Crippen molar-refractivity contribution in [2.24, 2.45) is 5.92 Å². The van der Waals surface area contributed by atoms with Crippen LogP contribution in [0.4, 0.5) is 4.79 Å². The maximum atomic E-state index is 13.6. The maximum absolute atomic E-state index is 13.6. The van der Waals surface area contributed by atoms with Crippen molar-refractivity contribution in [1.82, 2.24) is 20.0 Å². The highest BCUT2D eigenvalue weighted by Crippen LogP contribution is 2.49. The molecular weight excluding hydrogens is 440 g/mol. The molecule has 1 N–H and O–H groups in total. The molecule has 1 saturated heterocycles. The van der Waals surface area contributed by atoms with Crippen LogP contribution in [0.5, 0.6) is 0 Å². The van der Waals surface area contributed by atoms with Gasteiger partial charge < -0.3 is 15.1 Å². The van der Waals surface area contributed by atoms with Crippen molar-refractivity contribution in [2.45, 2.75) is 75.8 Å². The fourth-order valence-electron chi connectivity index (χ4n) is 6.35. The average Bonchev–Trinajstić information content (AvgIpc) is 3.05. The monoisotopic (exact) mass is 482 g/mol. The van der Waals surface area contributed by atoms with Crippen molar-refractivity contribution in [1.29, 1.82) is 0 Å². The van der Waals surface area contributed by atoms with E-state index in [2.05, 4.69) is 59.5 Å². The highest BCUT2D eigenvalue weighted by atomic mass is 16.2. The van der Waals surface area contributed by atoms with Gasteiger partial charge in [0, 0.05) is 38.5 Å². The number of carbonyl (C=O) groups excluding carboxylic acids is 3. The largest absolute Gasteiger partial charge is 0.356 e. The lowest BCUT2D eigenvalue weighted by molar-refractivity contribution is -0.121. The molecule has 2 saturated carbocycles. The smallest absolute Gasteiger partial charge is 0.321 e. The van der Waals surface area contributed by atoms with Crippen LogP contribution >= 0.6 is 0 Å². The van der Waals surface area contributed by atoms with Gasteiger partial charge in [0.1, 0.15) is 0 Å². The van der Waals surface area contributed by atoms with Gasteiger partial charge in [-0.05, 0) is 70.5 Å². The number of nitrogens with one attached hydrogen (secondary N) is 1. The fourth-order valence-corrected chi connectivity index (χ4v) is 6.35. The number of amides is 3. The molecule has 3 fully saturated rings. The third kappa shape index (κ3) is 5.40. The molecule has 7 nitrogen and oxygen atoms in total. The molecule has 1 spiro atoms. The van der Waals surface area contributed by atoms with Crippen LogP contribution in [0.15, 0.2) is 30.3 Å². The molecule has 3 aliphatic rings. The molecule has 3 amide bonds. The van der Waals surface area contributed by atoms with E-state index < -0.39 is 0 Å². The van der Waals surface area contributed by atoms with E-state index in [1.54, 1.807) is 0 Å². The summed E-state index contributed by atoms with van der Waals surface area (Å²) in [4.78, 5) is 43.7.